The highest BCUT2D eigenvalue weighted by Gasteiger charge is 2.31. The van der Waals surface area contributed by atoms with Crippen LogP contribution in [0.5, 0.6) is 5.75 Å². The van der Waals surface area contributed by atoms with Crippen molar-refractivity contribution in [2.45, 2.75) is 25.6 Å². The Hall–Kier alpha value is -3.02. The summed E-state index contributed by atoms with van der Waals surface area (Å²) in [5.41, 5.74) is 0.603. The molecule has 1 N–H and O–H groups in total. The molecule has 0 bridgehead atoms. The molecular weight excluding hydrogens is 318 g/mol. The van der Waals surface area contributed by atoms with Crippen LogP contribution in [-0.4, -0.2) is 16.5 Å². The second-order valence-electron chi connectivity index (χ2n) is 6.32. The van der Waals surface area contributed by atoms with E-state index < -0.39 is 0 Å². The number of hydrogen-bond acceptors (Lipinski definition) is 4. The number of rotatable bonds is 3. The molecule has 6 heteroatoms. The molecule has 0 radical (unpaired) electrons. The SMILES string of the molecule is COc1ccc(N[C@H]2C[C@H](C)n3c(=O)c4ccccc4c(=O)n32)cc1. The fraction of sp³-hybridized carbons (Fsp3) is 0.263. The molecule has 2 heterocycles. The number of nitrogens with one attached hydrogen (secondary N) is 1. The Kier molecular flexibility index (Phi) is 3.60. The molecule has 25 heavy (non-hydrogen) atoms. The second kappa shape index (κ2) is 5.81. The van der Waals surface area contributed by atoms with Crippen LogP contribution in [0.25, 0.3) is 10.8 Å². The summed E-state index contributed by atoms with van der Waals surface area (Å²) < 4.78 is 8.30. The third-order valence-electron chi connectivity index (χ3n) is 4.74. The van der Waals surface area contributed by atoms with Gasteiger partial charge in [-0.25, -0.2) is 9.36 Å². The summed E-state index contributed by atoms with van der Waals surface area (Å²) in [5.74, 6) is 0.769. The number of methoxy groups -OCH3 is 1. The van der Waals surface area contributed by atoms with Gasteiger partial charge in [-0.15, -0.1) is 0 Å². The van der Waals surface area contributed by atoms with E-state index in [4.69, 9.17) is 4.74 Å². The van der Waals surface area contributed by atoms with Gasteiger partial charge in [0.1, 0.15) is 11.9 Å². The lowest BCUT2D eigenvalue weighted by molar-refractivity contribution is 0.415. The molecule has 1 aromatic heterocycles. The maximum Gasteiger partial charge on any atom is 0.275 e. The van der Waals surface area contributed by atoms with Crippen LogP contribution in [0.4, 0.5) is 5.69 Å². The van der Waals surface area contributed by atoms with E-state index in [-0.39, 0.29) is 23.3 Å². The molecule has 0 unspecified atom stereocenters. The van der Waals surface area contributed by atoms with Gasteiger partial charge in [-0.05, 0) is 43.3 Å². The lowest BCUT2D eigenvalue weighted by Crippen LogP contribution is -2.38. The van der Waals surface area contributed by atoms with Crippen LogP contribution in [-0.2, 0) is 0 Å². The molecule has 0 aliphatic carbocycles. The first-order valence-electron chi connectivity index (χ1n) is 8.27. The highest BCUT2D eigenvalue weighted by Crippen LogP contribution is 2.29. The summed E-state index contributed by atoms with van der Waals surface area (Å²) in [6.07, 6.45) is 0.394. The summed E-state index contributed by atoms with van der Waals surface area (Å²) in [7, 11) is 1.62. The van der Waals surface area contributed by atoms with E-state index in [9.17, 15) is 9.59 Å². The molecule has 3 aromatic rings. The summed E-state index contributed by atoms with van der Waals surface area (Å²) in [4.78, 5) is 25.8. The first kappa shape index (κ1) is 15.5. The maximum atomic E-state index is 13.0. The molecule has 6 nitrogen and oxygen atoms in total. The molecular formula is C19H19N3O3. The third kappa shape index (κ3) is 2.41. The fourth-order valence-corrected chi connectivity index (χ4v) is 3.53. The minimum atomic E-state index is -0.270. The van der Waals surface area contributed by atoms with E-state index in [1.54, 1.807) is 40.7 Å². The van der Waals surface area contributed by atoms with Crippen molar-refractivity contribution in [2.24, 2.45) is 0 Å². The van der Waals surface area contributed by atoms with Gasteiger partial charge in [-0.1, -0.05) is 12.1 Å². The molecule has 0 fully saturated rings. The van der Waals surface area contributed by atoms with Crippen LogP contribution < -0.4 is 21.2 Å². The summed E-state index contributed by atoms with van der Waals surface area (Å²) in [6.45, 7) is 1.96. The Balaban J connectivity index is 1.82. The topological polar surface area (TPSA) is 65.3 Å². The number of nitrogens with zero attached hydrogens (tertiary/aromatic N) is 2. The van der Waals surface area contributed by atoms with Gasteiger partial charge in [0.2, 0.25) is 0 Å². The smallest absolute Gasteiger partial charge is 0.275 e. The van der Waals surface area contributed by atoms with Crippen molar-refractivity contribution >= 4 is 16.5 Å². The van der Waals surface area contributed by atoms with Crippen molar-refractivity contribution in [1.29, 1.82) is 0 Å². The van der Waals surface area contributed by atoms with Gasteiger partial charge in [0.15, 0.2) is 0 Å². The van der Waals surface area contributed by atoms with E-state index in [0.717, 1.165) is 11.4 Å². The zero-order valence-corrected chi connectivity index (χ0v) is 14.1. The molecule has 0 saturated heterocycles. The average molecular weight is 337 g/mol. The van der Waals surface area contributed by atoms with Crippen LogP contribution >= 0.6 is 0 Å². The minimum Gasteiger partial charge on any atom is -0.497 e. The second-order valence-corrected chi connectivity index (χ2v) is 6.32. The van der Waals surface area contributed by atoms with Crippen molar-refractivity contribution in [1.82, 2.24) is 9.36 Å². The Morgan fingerprint density at radius 3 is 2.16 bits per heavy atom. The zero-order valence-electron chi connectivity index (χ0n) is 14.1. The summed E-state index contributed by atoms with van der Waals surface area (Å²) >= 11 is 0. The number of hydrogen-bond donors (Lipinski definition) is 1. The van der Waals surface area contributed by atoms with Gasteiger partial charge in [0, 0.05) is 12.1 Å². The van der Waals surface area contributed by atoms with Crippen molar-refractivity contribution < 1.29 is 4.74 Å². The van der Waals surface area contributed by atoms with E-state index in [2.05, 4.69) is 5.32 Å². The zero-order chi connectivity index (χ0) is 17.6. The molecule has 0 amide bonds. The Morgan fingerprint density at radius 2 is 1.56 bits per heavy atom. The predicted octanol–water partition coefficient (Wildman–Crippen LogP) is 2.75. The number of aromatic nitrogens is 2. The third-order valence-corrected chi connectivity index (χ3v) is 4.74. The molecule has 4 rings (SSSR count). The molecule has 0 spiro atoms. The molecule has 0 saturated carbocycles. The number of fused-ring (bicyclic) bond motifs is 2. The fourth-order valence-electron chi connectivity index (χ4n) is 3.53. The van der Waals surface area contributed by atoms with Crippen LogP contribution in [0, 0.1) is 0 Å². The Labute approximate surface area is 144 Å². The average Bonchev–Trinajstić information content (AvgIpc) is 2.96. The number of anilines is 1. The molecule has 1 aliphatic rings. The Morgan fingerprint density at radius 1 is 0.960 bits per heavy atom. The first-order valence-corrected chi connectivity index (χ1v) is 8.27. The minimum absolute atomic E-state index is 0.0550. The van der Waals surface area contributed by atoms with E-state index in [1.807, 2.05) is 31.2 Å². The van der Waals surface area contributed by atoms with Crippen molar-refractivity contribution in [3.8, 4) is 5.75 Å². The predicted molar refractivity (Wildman–Crippen MR) is 97.4 cm³/mol. The van der Waals surface area contributed by atoms with E-state index in [0.29, 0.717) is 17.2 Å². The van der Waals surface area contributed by atoms with Gasteiger partial charge >= 0.3 is 0 Å². The van der Waals surface area contributed by atoms with Crippen LogP contribution in [0.1, 0.15) is 25.6 Å². The first-order chi connectivity index (χ1) is 12.1. The van der Waals surface area contributed by atoms with Gasteiger partial charge < -0.3 is 10.1 Å². The largest absolute Gasteiger partial charge is 0.497 e. The quantitative estimate of drug-likeness (QED) is 0.798. The highest BCUT2D eigenvalue weighted by molar-refractivity contribution is 5.80. The lowest BCUT2D eigenvalue weighted by atomic mass is 10.2. The van der Waals surface area contributed by atoms with Crippen molar-refractivity contribution in [2.75, 3.05) is 12.4 Å². The van der Waals surface area contributed by atoms with Crippen LogP contribution in [0.2, 0.25) is 0 Å². The van der Waals surface area contributed by atoms with Gasteiger partial charge in [-0.3, -0.25) is 9.59 Å². The molecule has 128 valence electrons. The standard InChI is InChI=1S/C19H19N3O3/c1-12-11-17(20-13-7-9-14(25-2)10-8-13)22-19(24)16-6-4-3-5-15(16)18(23)21(12)22/h3-10,12,17,20H,11H2,1-2H3/t12-,17+/m0/s1. The van der Waals surface area contributed by atoms with Crippen molar-refractivity contribution in [3.05, 3.63) is 69.2 Å². The van der Waals surface area contributed by atoms with E-state index >= 15 is 0 Å². The van der Waals surface area contributed by atoms with E-state index in [1.165, 1.54) is 0 Å². The molecule has 2 atom stereocenters. The Bertz CT molecular complexity index is 1050. The number of ether oxygens (including phenoxy) is 1. The van der Waals surface area contributed by atoms with Gasteiger partial charge in [-0.2, -0.15) is 0 Å². The van der Waals surface area contributed by atoms with Crippen LogP contribution in [0.15, 0.2) is 58.1 Å². The monoisotopic (exact) mass is 337 g/mol. The lowest BCUT2D eigenvalue weighted by Gasteiger charge is -2.18. The van der Waals surface area contributed by atoms with Crippen molar-refractivity contribution in [3.63, 3.8) is 0 Å². The highest BCUT2D eigenvalue weighted by atomic mass is 16.5. The maximum absolute atomic E-state index is 13.0. The van der Waals surface area contributed by atoms with Crippen LogP contribution in [0.3, 0.4) is 0 Å². The molecule has 1 aliphatic heterocycles. The van der Waals surface area contributed by atoms with Gasteiger partial charge in [0.05, 0.1) is 23.9 Å². The summed E-state index contributed by atoms with van der Waals surface area (Å²) in [5, 5.41) is 4.29. The van der Waals surface area contributed by atoms with Gasteiger partial charge in [0.25, 0.3) is 11.1 Å². The summed E-state index contributed by atoms with van der Waals surface area (Å²) in [6, 6.07) is 14.4. The normalized spacial score (nSPS) is 19.0. The number of benzene rings is 2. The molecule has 2 aromatic carbocycles.